The van der Waals surface area contributed by atoms with E-state index in [-0.39, 0.29) is 18.1 Å². The predicted molar refractivity (Wildman–Crippen MR) is 101 cm³/mol. The van der Waals surface area contributed by atoms with Gasteiger partial charge in [0.05, 0.1) is 13.2 Å². The van der Waals surface area contributed by atoms with Crippen molar-refractivity contribution in [1.82, 2.24) is 0 Å². The molecule has 2 aromatic rings. The molecule has 138 valence electrons. The van der Waals surface area contributed by atoms with Crippen LogP contribution >= 0.6 is 0 Å². The Labute approximate surface area is 155 Å². The number of nitrogens with two attached hydrogens (primary N) is 1. The van der Waals surface area contributed by atoms with Gasteiger partial charge in [-0.15, -0.1) is 0 Å². The standard InChI is InChI=1S/C18H21N3O4S/c1-25-18(23)21-14-7-9-15(10-8-14)26(24)12-11-16(19)17(22)20-13-5-3-2-4-6-13/h2-10,16H,11-12,19H2,1H3,(H,20,22)(H,21,23). The smallest absolute Gasteiger partial charge is 0.411 e. The van der Waals surface area contributed by atoms with Crippen LogP contribution < -0.4 is 16.4 Å². The van der Waals surface area contributed by atoms with E-state index in [2.05, 4.69) is 15.4 Å². The van der Waals surface area contributed by atoms with Crippen LogP contribution in [0.5, 0.6) is 0 Å². The molecular formula is C18H21N3O4S. The largest absolute Gasteiger partial charge is 0.611 e. The van der Waals surface area contributed by atoms with Crippen molar-refractivity contribution >= 4 is 34.6 Å². The van der Waals surface area contributed by atoms with Gasteiger partial charge in [0, 0.05) is 17.8 Å². The minimum absolute atomic E-state index is 0.257. The highest BCUT2D eigenvalue weighted by Crippen LogP contribution is 2.17. The Kier molecular flexibility index (Phi) is 7.46. The zero-order valence-electron chi connectivity index (χ0n) is 14.3. The van der Waals surface area contributed by atoms with Crippen molar-refractivity contribution in [3.05, 3.63) is 54.6 Å². The van der Waals surface area contributed by atoms with Gasteiger partial charge >= 0.3 is 6.09 Å². The summed E-state index contributed by atoms with van der Waals surface area (Å²) in [5.41, 5.74) is 7.09. The summed E-state index contributed by atoms with van der Waals surface area (Å²) in [7, 11) is 1.27. The topological polar surface area (TPSA) is 117 Å². The Bertz CT molecular complexity index is 725. The van der Waals surface area contributed by atoms with Crippen molar-refractivity contribution in [1.29, 1.82) is 0 Å². The zero-order valence-corrected chi connectivity index (χ0v) is 15.1. The predicted octanol–water partition coefficient (Wildman–Crippen LogP) is 2.33. The molecule has 8 heteroatoms. The third-order valence-electron chi connectivity index (χ3n) is 3.54. The molecule has 0 radical (unpaired) electrons. The van der Waals surface area contributed by atoms with E-state index in [0.717, 1.165) is 0 Å². The maximum atomic E-state index is 12.3. The number of benzene rings is 2. The van der Waals surface area contributed by atoms with Crippen LogP contribution in [0.2, 0.25) is 0 Å². The van der Waals surface area contributed by atoms with Crippen LogP contribution in [0.25, 0.3) is 0 Å². The summed E-state index contributed by atoms with van der Waals surface area (Å²) < 4.78 is 16.8. The molecule has 0 saturated carbocycles. The Morgan fingerprint density at radius 3 is 2.31 bits per heavy atom. The van der Waals surface area contributed by atoms with Crippen LogP contribution in [-0.2, 0) is 20.7 Å². The zero-order chi connectivity index (χ0) is 18.9. The number of methoxy groups -OCH3 is 1. The van der Waals surface area contributed by atoms with Gasteiger partial charge in [0.25, 0.3) is 0 Å². The van der Waals surface area contributed by atoms with Gasteiger partial charge in [-0.2, -0.15) is 0 Å². The lowest BCUT2D eigenvalue weighted by atomic mass is 10.2. The van der Waals surface area contributed by atoms with Crippen LogP contribution in [0.1, 0.15) is 6.42 Å². The van der Waals surface area contributed by atoms with Gasteiger partial charge in [0.15, 0.2) is 4.90 Å². The minimum Gasteiger partial charge on any atom is -0.611 e. The van der Waals surface area contributed by atoms with Crippen LogP contribution in [0, 0.1) is 0 Å². The molecule has 26 heavy (non-hydrogen) atoms. The van der Waals surface area contributed by atoms with E-state index in [1.165, 1.54) is 7.11 Å². The molecule has 0 aromatic heterocycles. The maximum absolute atomic E-state index is 12.3. The molecule has 0 aliphatic rings. The third kappa shape index (κ3) is 6.07. The number of carbonyl (C=O) groups excluding carboxylic acids is 2. The first-order valence-electron chi connectivity index (χ1n) is 7.94. The summed E-state index contributed by atoms with van der Waals surface area (Å²) in [5.74, 6) is -0.0570. The average molecular weight is 375 g/mol. The molecule has 2 rings (SSSR count). The SMILES string of the molecule is COC(=O)Nc1ccc([S+]([O-])CCC(N)C(=O)Nc2ccccc2)cc1. The second-order valence-corrected chi connectivity index (χ2v) is 7.01. The Balaban J connectivity index is 1.82. The van der Waals surface area contributed by atoms with Gasteiger partial charge < -0.3 is 20.3 Å². The number of anilines is 2. The highest BCUT2D eigenvalue weighted by Gasteiger charge is 2.18. The Morgan fingerprint density at radius 1 is 1.08 bits per heavy atom. The number of nitrogens with one attached hydrogen (secondary N) is 2. The summed E-state index contributed by atoms with van der Waals surface area (Å²) >= 11 is -1.29. The molecule has 0 bridgehead atoms. The lowest BCUT2D eigenvalue weighted by Crippen LogP contribution is -2.37. The molecule has 0 aliphatic carbocycles. The Morgan fingerprint density at radius 2 is 1.69 bits per heavy atom. The molecular weight excluding hydrogens is 354 g/mol. The molecule has 2 amide bonds. The van der Waals surface area contributed by atoms with E-state index < -0.39 is 23.3 Å². The summed E-state index contributed by atoms with van der Waals surface area (Å²) in [6.07, 6.45) is -0.290. The van der Waals surface area contributed by atoms with Crippen molar-refractivity contribution < 1.29 is 18.9 Å². The number of hydrogen-bond donors (Lipinski definition) is 3. The monoisotopic (exact) mass is 375 g/mol. The van der Waals surface area contributed by atoms with Gasteiger partial charge in [-0.3, -0.25) is 10.1 Å². The molecule has 0 saturated heterocycles. The lowest BCUT2D eigenvalue weighted by Gasteiger charge is -2.15. The fraction of sp³-hybridized carbons (Fsp3) is 0.222. The number of rotatable bonds is 7. The normalized spacial score (nSPS) is 12.7. The summed E-state index contributed by atoms with van der Waals surface area (Å²) in [4.78, 5) is 23.8. The highest BCUT2D eigenvalue weighted by atomic mass is 32.2. The highest BCUT2D eigenvalue weighted by molar-refractivity contribution is 7.91. The molecule has 2 atom stereocenters. The van der Waals surface area contributed by atoms with Crippen molar-refractivity contribution in [3.63, 3.8) is 0 Å². The molecule has 7 nitrogen and oxygen atoms in total. The number of para-hydroxylation sites is 1. The molecule has 4 N–H and O–H groups in total. The Hall–Kier alpha value is -2.55. The number of hydrogen-bond acceptors (Lipinski definition) is 5. The molecule has 2 aromatic carbocycles. The second-order valence-electron chi connectivity index (χ2n) is 5.44. The lowest BCUT2D eigenvalue weighted by molar-refractivity contribution is -0.117. The summed E-state index contributed by atoms with van der Waals surface area (Å²) in [5, 5.41) is 5.23. The summed E-state index contributed by atoms with van der Waals surface area (Å²) in [6.45, 7) is 0. The van der Waals surface area contributed by atoms with Crippen LogP contribution in [0.4, 0.5) is 16.2 Å². The molecule has 0 fully saturated rings. The van der Waals surface area contributed by atoms with E-state index in [9.17, 15) is 14.1 Å². The van der Waals surface area contributed by atoms with E-state index in [4.69, 9.17) is 5.73 Å². The fourth-order valence-electron chi connectivity index (χ4n) is 2.10. The quantitative estimate of drug-likeness (QED) is 0.642. The average Bonchev–Trinajstić information content (AvgIpc) is 2.67. The van der Waals surface area contributed by atoms with E-state index in [0.29, 0.717) is 16.3 Å². The van der Waals surface area contributed by atoms with Crippen molar-refractivity contribution in [3.8, 4) is 0 Å². The first-order valence-corrected chi connectivity index (χ1v) is 9.26. The van der Waals surface area contributed by atoms with Gasteiger partial charge in [-0.1, -0.05) is 18.2 Å². The fourth-order valence-corrected chi connectivity index (χ4v) is 3.24. The van der Waals surface area contributed by atoms with Crippen LogP contribution in [0.3, 0.4) is 0 Å². The van der Waals surface area contributed by atoms with E-state index in [1.807, 2.05) is 18.2 Å². The number of amides is 2. The van der Waals surface area contributed by atoms with E-state index >= 15 is 0 Å². The minimum atomic E-state index is -1.29. The first kappa shape index (κ1) is 19.8. The van der Waals surface area contributed by atoms with Crippen molar-refractivity contribution in [2.24, 2.45) is 5.73 Å². The van der Waals surface area contributed by atoms with Gasteiger partial charge in [-0.05, 0) is 47.6 Å². The van der Waals surface area contributed by atoms with Crippen LogP contribution in [0.15, 0.2) is 59.5 Å². The number of carbonyl (C=O) groups is 2. The molecule has 2 unspecified atom stereocenters. The molecule has 0 aliphatic heterocycles. The molecule has 0 heterocycles. The second kappa shape index (κ2) is 9.81. The molecule has 0 spiro atoms. The summed E-state index contributed by atoms with van der Waals surface area (Å²) in [6, 6.07) is 14.8. The van der Waals surface area contributed by atoms with Gasteiger partial charge in [-0.25, -0.2) is 4.79 Å². The van der Waals surface area contributed by atoms with Crippen molar-refractivity contribution in [2.45, 2.75) is 17.4 Å². The number of ether oxygens (including phenoxy) is 1. The third-order valence-corrected chi connectivity index (χ3v) is 4.95. The van der Waals surface area contributed by atoms with Gasteiger partial charge in [0.1, 0.15) is 5.75 Å². The van der Waals surface area contributed by atoms with Crippen molar-refractivity contribution in [2.75, 3.05) is 23.5 Å². The van der Waals surface area contributed by atoms with Gasteiger partial charge in [0.2, 0.25) is 5.91 Å². The van der Waals surface area contributed by atoms with E-state index in [1.54, 1.807) is 36.4 Å². The van der Waals surface area contributed by atoms with Crippen LogP contribution in [-0.4, -0.2) is 35.5 Å². The maximum Gasteiger partial charge on any atom is 0.411 e. The first-order chi connectivity index (χ1) is 12.5.